The Hall–Kier alpha value is -1.52. The highest BCUT2D eigenvalue weighted by atomic mass is 16.5. The van der Waals surface area contributed by atoms with E-state index >= 15 is 0 Å². The standard InChI is InChI=1S/C16H17NO3/c18-11-3-1-8-7-10-9-2-4-12(19)15-16(9,5-6-17-10)13(8)14(11)20-15/h1-4,9-10,12,15,17-19H,5-7H2/t9-,10?,12?,15?,16-/m0/s1. The Morgan fingerprint density at radius 1 is 1.30 bits per heavy atom. The number of piperidine rings is 1. The average Bonchev–Trinajstić information content (AvgIpc) is 2.78. The summed E-state index contributed by atoms with van der Waals surface area (Å²) in [5.41, 5.74) is 2.26. The van der Waals surface area contributed by atoms with E-state index in [1.54, 1.807) is 6.07 Å². The molecule has 0 amide bonds. The molecule has 1 saturated heterocycles. The fourth-order valence-electron chi connectivity index (χ4n) is 4.98. The quantitative estimate of drug-likeness (QED) is 0.612. The first-order valence-corrected chi connectivity index (χ1v) is 7.33. The number of phenols is 1. The summed E-state index contributed by atoms with van der Waals surface area (Å²) in [7, 11) is 0. The van der Waals surface area contributed by atoms with Gasteiger partial charge in [-0.05, 0) is 31.0 Å². The Bertz CT molecular complexity index is 641. The second kappa shape index (κ2) is 3.38. The van der Waals surface area contributed by atoms with Gasteiger partial charge in [0.15, 0.2) is 11.5 Å². The van der Waals surface area contributed by atoms with Gasteiger partial charge in [0.1, 0.15) is 12.2 Å². The summed E-state index contributed by atoms with van der Waals surface area (Å²) in [5.74, 6) is 1.16. The van der Waals surface area contributed by atoms with Gasteiger partial charge in [-0.15, -0.1) is 0 Å². The number of rotatable bonds is 0. The molecule has 0 radical (unpaired) electrons. The predicted molar refractivity (Wildman–Crippen MR) is 72.9 cm³/mol. The lowest BCUT2D eigenvalue weighted by Crippen LogP contribution is -2.64. The zero-order valence-corrected chi connectivity index (χ0v) is 11.0. The van der Waals surface area contributed by atoms with Gasteiger partial charge in [-0.3, -0.25) is 0 Å². The molecule has 2 aliphatic carbocycles. The summed E-state index contributed by atoms with van der Waals surface area (Å²) in [6, 6.07) is 4.14. The lowest BCUT2D eigenvalue weighted by molar-refractivity contribution is -0.0177. The van der Waals surface area contributed by atoms with Crippen molar-refractivity contribution in [1.82, 2.24) is 5.32 Å². The summed E-state index contributed by atoms with van der Waals surface area (Å²) >= 11 is 0. The molecule has 1 aromatic rings. The molecule has 4 nitrogen and oxygen atoms in total. The monoisotopic (exact) mass is 271 g/mol. The molecule has 4 aliphatic rings. The van der Waals surface area contributed by atoms with Crippen molar-refractivity contribution >= 4 is 0 Å². The number of aromatic hydroxyl groups is 1. The number of hydrogen-bond donors (Lipinski definition) is 3. The molecule has 1 aromatic carbocycles. The van der Waals surface area contributed by atoms with Crippen LogP contribution in [0.1, 0.15) is 17.5 Å². The van der Waals surface area contributed by atoms with Crippen LogP contribution in [0.3, 0.4) is 0 Å². The third kappa shape index (κ3) is 1.04. The number of nitrogens with one attached hydrogen (secondary N) is 1. The third-order valence-electron chi connectivity index (χ3n) is 5.68. The summed E-state index contributed by atoms with van der Waals surface area (Å²) in [4.78, 5) is 0. The highest BCUT2D eigenvalue weighted by Gasteiger charge is 2.63. The molecule has 5 atom stereocenters. The molecule has 1 spiro atoms. The minimum atomic E-state index is -0.595. The molecule has 3 unspecified atom stereocenters. The van der Waals surface area contributed by atoms with Gasteiger partial charge in [-0.2, -0.15) is 0 Å². The summed E-state index contributed by atoms with van der Waals surface area (Å²) in [6.45, 7) is 0.941. The van der Waals surface area contributed by atoms with Crippen LogP contribution in [0.15, 0.2) is 24.3 Å². The second-order valence-corrected chi connectivity index (χ2v) is 6.44. The van der Waals surface area contributed by atoms with Crippen LogP contribution in [-0.4, -0.2) is 35.0 Å². The first-order valence-electron chi connectivity index (χ1n) is 7.33. The fraction of sp³-hybridized carbons (Fsp3) is 0.500. The summed E-state index contributed by atoms with van der Waals surface area (Å²) in [5, 5.41) is 24.1. The minimum Gasteiger partial charge on any atom is -0.504 e. The molecule has 20 heavy (non-hydrogen) atoms. The van der Waals surface area contributed by atoms with Crippen molar-refractivity contribution in [3.63, 3.8) is 0 Å². The maximum atomic E-state index is 10.4. The molecular formula is C16H17NO3. The Labute approximate surface area is 117 Å². The Morgan fingerprint density at radius 2 is 2.20 bits per heavy atom. The molecule has 2 bridgehead atoms. The van der Waals surface area contributed by atoms with Crippen molar-refractivity contribution in [2.45, 2.75) is 36.5 Å². The zero-order chi connectivity index (χ0) is 13.5. The number of aliphatic hydroxyl groups is 1. The zero-order valence-electron chi connectivity index (χ0n) is 11.0. The fourth-order valence-corrected chi connectivity index (χ4v) is 4.98. The molecule has 5 rings (SSSR count). The number of aliphatic hydroxyl groups excluding tert-OH is 1. The molecular weight excluding hydrogens is 254 g/mol. The van der Waals surface area contributed by atoms with Crippen molar-refractivity contribution in [1.29, 1.82) is 0 Å². The molecule has 2 aliphatic heterocycles. The third-order valence-corrected chi connectivity index (χ3v) is 5.68. The van der Waals surface area contributed by atoms with Crippen molar-refractivity contribution in [3.8, 4) is 11.5 Å². The lowest BCUT2D eigenvalue weighted by atomic mass is 9.54. The molecule has 1 fully saturated rings. The van der Waals surface area contributed by atoms with Crippen molar-refractivity contribution in [3.05, 3.63) is 35.4 Å². The van der Waals surface area contributed by atoms with Gasteiger partial charge in [-0.25, -0.2) is 0 Å². The van der Waals surface area contributed by atoms with E-state index in [0.29, 0.717) is 17.7 Å². The van der Waals surface area contributed by atoms with E-state index in [2.05, 4.69) is 11.4 Å². The first kappa shape index (κ1) is 11.2. The summed E-state index contributed by atoms with van der Waals surface area (Å²) < 4.78 is 6.04. The highest BCUT2D eigenvalue weighted by molar-refractivity contribution is 5.61. The van der Waals surface area contributed by atoms with E-state index in [4.69, 9.17) is 4.74 Å². The van der Waals surface area contributed by atoms with E-state index in [1.165, 1.54) is 5.56 Å². The molecule has 2 heterocycles. The van der Waals surface area contributed by atoms with Crippen LogP contribution in [-0.2, 0) is 11.8 Å². The van der Waals surface area contributed by atoms with Crippen LogP contribution in [0.2, 0.25) is 0 Å². The Kier molecular flexibility index (Phi) is 1.89. The number of phenolic OH excluding ortho intramolecular Hbond substituents is 1. The minimum absolute atomic E-state index is 0.161. The maximum Gasteiger partial charge on any atom is 0.165 e. The van der Waals surface area contributed by atoms with Gasteiger partial charge < -0.3 is 20.3 Å². The van der Waals surface area contributed by atoms with E-state index in [9.17, 15) is 10.2 Å². The first-order chi connectivity index (χ1) is 9.72. The Balaban J connectivity index is 1.86. The lowest BCUT2D eigenvalue weighted by Gasteiger charge is -2.53. The normalized spacial score (nSPS) is 43.0. The van der Waals surface area contributed by atoms with Gasteiger partial charge >= 0.3 is 0 Å². The molecule has 104 valence electrons. The molecule has 3 N–H and O–H groups in total. The van der Waals surface area contributed by atoms with Gasteiger partial charge in [-0.1, -0.05) is 18.2 Å². The average molecular weight is 271 g/mol. The van der Waals surface area contributed by atoms with Crippen LogP contribution < -0.4 is 10.1 Å². The topological polar surface area (TPSA) is 61.7 Å². The van der Waals surface area contributed by atoms with E-state index < -0.39 is 6.10 Å². The SMILES string of the molecule is Oc1ccc2c3c1OC1C(O)C=C[C@H]4C(C2)NCC[C@]314. The molecule has 0 saturated carbocycles. The van der Waals surface area contributed by atoms with E-state index in [-0.39, 0.29) is 17.3 Å². The van der Waals surface area contributed by atoms with Crippen molar-refractivity contribution in [2.24, 2.45) is 5.92 Å². The number of ether oxygens (including phenoxy) is 1. The largest absolute Gasteiger partial charge is 0.504 e. The van der Waals surface area contributed by atoms with Crippen LogP contribution in [0.5, 0.6) is 11.5 Å². The van der Waals surface area contributed by atoms with E-state index in [0.717, 1.165) is 24.9 Å². The second-order valence-electron chi connectivity index (χ2n) is 6.44. The van der Waals surface area contributed by atoms with Crippen molar-refractivity contribution in [2.75, 3.05) is 6.54 Å². The van der Waals surface area contributed by atoms with Gasteiger partial charge in [0.25, 0.3) is 0 Å². The number of benzene rings is 1. The molecule has 4 heteroatoms. The number of hydrogen-bond acceptors (Lipinski definition) is 4. The van der Waals surface area contributed by atoms with Crippen LogP contribution in [0, 0.1) is 5.92 Å². The van der Waals surface area contributed by atoms with Gasteiger partial charge in [0, 0.05) is 22.9 Å². The van der Waals surface area contributed by atoms with Gasteiger partial charge in [0.2, 0.25) is 0 Å². The van der Waals surface area contributed by atoms with Crippen LogP contribution >= 0.6 is 0 Å². The molecule has 0 aromatic heterocycles. The van der Waals surface area contributed by atoms with E-state index in [1.807, 2.05) is 12.1 Å². The summed E-state index contributed by atoms with van der Waals surface area (Å²) in [6.07, 6.45) is 5.08. The van der Waals surface area contributed by atoms with Gasteiger partial charge in [0.05, 0.1) is 0 Å². The maximum absolute atomic E-state index is 10.4. The highest BCUT2D eigenvalue weighted by Crippen LogP contribution is 2.61. The predicted octanol–water partition coefficient (Wildman–Crippen LogP) is 0.856. The van der Waals surface area contributed by atoms with Crippen LogP contribution in [0.4, 0.5) is 0 Å². The smallest absolute Gasteiger partial charge is 0.165 e. The van der Waals surface area contributed by atoms with Crippen LogP contribution in [0.25, 0.3) is 0 Å². The Morgan fingerprint density at radius 3 is 3.10 bits per heavy atom. The van der Waals surface area contributed by atoms with Crippen molar-refractivity contribution < 1.29 is 14.9 Å².